The molecule has 0 saturated carbocycles. The van der Waals surface area contributed by atoms with E-state index in [1.807, 2.05) is 92.9 Å². The maximum Gasteiger partial charge on any atom is 0.326 e. The minimum absolute atomic E-state index is 0.196. The van der Waals surface area contributed by atoms with Crippen LogP contribution in [0.3, 0.4) is 0 Å². The summed E-state index contributed by atoms with van der Waals surface area (Å²) in [5.74, 6) is 0.897. The van der Waals surface area contributed by atoms with Gasteiger partial charge in [0, 0.05) is 16.2 Å². The number of nitrogens with zero attached hydrogens (tertiary/aromatic N) is 3. The Morgan fingerprint density at radius 1 is 0.972 bits per heavy atom. The molecule has 1 unspecified atom stereocenters. The van der Waals surface area contributed by atoms with E-state index in [1.54, 1.807) is 16.7 Å². The lowest BCUT2D eigenvalue weighted by Crippen LogP contribution is -2.46. The highest BCUT2D eigenvalue weighted by molar-refractivity contribution is 7.98. The van der Waals surface area contributed by atoms with Gasteiger partial charge in [-0.1, -0.05) is 54.0 Å². The molecule has 5 rings (SSSR count). The van der Waals surface area contributed by atoms with Gasteiger partial charge in [0.2, 0.25) is 5.82 Å². The number of thioether (sulfide) groups is 1. The Morgan fingerprint density at radius 2 is 1.67 bits per heavy atom. The molecule has 1 aliphatic rings. The molecule has 0 saturated heterocycles. The first-order chi connectivity index (χ1) is 17.5. The van der Waals surface area contributed by atoms with Gasteiger partial charge in [0.05, 0.1) is 17.3 Å². The third kappa shape index (κ3) is 4.54. The van der Waals surface area contributed by atoms with Crippen LogP contribution in [0.4, 0.5) is 10.5 Å². The number of carbonyl (C=O) groups is 1. The van der Waals surface area contributed by atoms with Crippen LogP contribution in [-0.2, 0) is 6.42 Å². The molecule has 3 aromatic carbocycles. The molecule has 2 amide bonds. The summed E-state index contributed by atoms with van der Waals surface area (Å²) in [5, 5.41) is 7.45. The zero-order chi connectivity index (χ0) is 25.2. The number of allylic oxidation sites excluding steroid dienone is 1. The zero-order valence-electron chi connectivity index (χ0n) is 20.8. The van der Waals surface area contributed by atoms with Crippen molar-refractivity contribution in [3.63, 3.8) is 0 Å². The molecule has 0 fully saturated rings. The quantitative estimate of drug-likeness (QED) is 0.290. The number of aryl methyl sites for hydroxylation is 2. The molecule has 0 radical (unpaired) electrons. The van der Waals surface area contributed by atoms with Crippen molar-refractivity contribution in [2.45, 2.75) is 38.1 Å². The van der Waals surface area contributed by atoms with Gasteiger partial charge in [-0.25, -0.2) is 4.79 Å². The lowest BCUT2D eigenvalue weighted by molar-refractivity contribution is 0.244. The Hall–Kier alpha value is -3.84. The number of carbonyl (C=O) groups excluding carboxylic acids is 1. The molecular formula is C29H28N4O2S. The smallest absolute Gasteiger partial charge is 0.326 e. The number of benzene rings is 3. The van der Waals surface area contributed by atoms with Gasteiger partial charge in [-0.15, -0.1) is 11.8 Å². The second-order valence-electron chi connectivity index (χ2n) is 8.80. The normalized spacial score (nSPS) is 15.8. The summed E-state index contributed by atoms with van der Waals surface area (Å²) < 4.78 is 5.81. The van der Waals surface area contributed by atoms with Crippen LogP contribution in [0, 0.1) is 6.92 Å². The van der Waals surface area contributed by atoms with Crippen LogP contribution in [0.25, 0.3) is 17.0 Å². The SMILES string of the molecule is CCc1ccc(N2C(=O)NC(c3ccc(C)cc3)C(c3nc(-c4ccc(SC)cc4)no3)=C2C)cc1. The van der Waals surface area contributed by atoms with Gasteiger partial charge >= 0.3 is 6.03 Å². The van der Waals surface area contributed by atoms with E-state index in [4.69, 9.17) is 9.51 Å². The minimum Gasteiger partial charge on any atom is -0.334 e. The fourth-order valence-electron chi connectivity index (χ4n) is 4.41. The van der Waals surface area contributed by atoms with Crippen LogP contribution < -0.4 is 10.2 Å². The second-order valence-corrected chi connectivity index (χ2v) is 9.68. The van der Waals surface area contributed by atoms with Crippen LogP contribution >= 0.6 is 11.8 Å². The molecule has 0 bridgehead atoms. The van der Waals surface area contributed by atoms with Gasteiger partial charge in [-0.3, -0.25) is 4.90 Å². The van der Waals surface area contributed by atoms with Crippen molar-refractivity contribution in [3.8, 4) is 11.4 Å². The van der Waals surface area contributed by atoms with Crippen LogP contribution in [-0.4, -0.2) is 22.4 Å². The number of nitrogens with one attached hydrogen (secondary N) is 1. The molecule has 1 N–H and O–H groups in total. The van der Waals surface area contributed by atoms with Gasteiger partial charge in [0.25, 0.3) is 5.89 Å². The van der Waals surface area contributed by atoms with E-state index in [0.717, 1.165) is 40.1 Å². The third-order valence-electron chi connectivity index (χ3n) is 6.50. The Labute approximate surface area is 215 Å². The number of rotatable bonds is 6. The van der Waals surface area contributed by atoms with Gasteiger partial charge in [-0.2, -0.15) is 4.98 Å². The molecule has 1 aromatic heterocycles. The van der Waals surface area contributed by atoms with E-state index in [2.05, 4.69) is 17.4 Å². The maximum absolute atomic E-state index is 13.4. The molecule has 0 spiro atoms. The molecule has 182 valence electrons. The van der Waals surface area contributed by atoms with E-state index in [1.165, 1.54) is 10.5 Å². The molecule has 1 atom stereocenters. The summed E-state index contributed by atoms with van der Waals surface area (Å²) in [6.45, 7) is 6.08. The summed E-state index contributed by atoms with van der Waals surface area (Å²) in [5.41, 5.74) is 6.50. The van der Waals surface area contributed by atoms with Crippen LogP contribution in [0.2, 0.25) is 0 Å². The molecule has 2 heterocycles. The number of hydrogen-bond acceptors (Lipinski definition) is 5. The van der Waals surface area contributed by atoms with Crippen molar-refractivity contribution < 1.29 is 9.32 Å². The van der Waals surface area contributed by atoms with E-state index in [-0.39, 0.29) is 6.03 Å². The van der Waals surface area contributed by atoms with E-state index in [0.29, 0.717) is 11.7 Å². The Kier molecular flexibility index (Phi) is 6.65. The average molecular weight is 497 g/mol. The Bertz CT molecular complexity index is 1410. The van der Waals surface area contributed by atoms with Crippen molar-refractivity contribution in [1.29, 1.82) is 0 Å². The van der Waals surface area contributed by atoms with E-state index >= 15 is 0 Å². The molecule has 36 heavy (non-hydrogen) atoms. The molecule has 4 aromatic rings. The topological polar surface area (TPSA) is 71.3 Å². The summed E-state index contributed by atoms with van der Waals surface area (Å²) in [6, 6.07) is 23.6. The molecule has 1 aliphatic heterocycles. The fourth-order valence-corrected chi connectivity index (χ4v) is 4.82. The van der Waals surface area contributed by atoms with Gasteiger partial charge < -0.3 is 9.84 Å². The number of amides is 2. The maximum atomic E-state index is 13.4. The highest BCUT2D eigenvalue weighted by Gasteiger charge is 2.36. The van der Waals surface area contributed by atoms with Crippen molar-refractivity contribution >= 4 is 29.1 Å². The number of hydrogen-bond donors (Lipinski definition) is 1. The van der Waals surface area contributed by atoms with Crippen molar-refractivity contribution in [2.75, 3.05) is 11.2 Å². The number of anilines is 1. The zero-order valence-corrected chi connectivity index (χ0v) is 21.6. The minimum atomic E-state index is -0.420. The molecule has 6 nitrogen and oxygen atoms in total. The molecular weight excluding hydrogens is 468 g/mol. The summed E-state index contributed by atoms with van der Waals surface area (Å²) in [4.78, 5) is 21.0. The summed E-state index contributed by atoms with van der Waals surface area (Å²) in [7, 11) is 0. The highest BCUT2D eigenvalue weighted by atomic mass is 32.2. The predicted molar refractivity (Wildman–Crippen MR) is 145 cm³/mol. The van der Waals surface area contributed by atoms with Crippen molar-refractivity contribution in [2.24, 2.45) is 0 Å². The van der Waals surface area contributed by atoms with E-state index < -0.39 is 6.04 Å². The van der Waals surface area contributed by atoms with E-state index in [9.17, 15) is 4.79 Å². The lowest BCUT2D eigenvalue weighted by Gasteiger charge is -2.35. The van der Waals surface area contributed by atoms with Crippen molar-refractivity contribution in [3.05, 3.63) is 101 Å². The first-order valence-electron chi connectivity index (χ1n) is 11.9. The van der Waals surface area contributed by atoms with Crippen LogP contribution in [0.5, 0.6) is 0 Å². The number of urea groups is 1. The van der Waals surface area contributed by atoms with Crippen molar-refractivity contribution in [1.82, 2.24) is 15.5 Å². The predicted octanol–water partition coefficient (Wildman–Crippen LogP) is 7.03. The second kappa shape index (κ2) is 10.0. The van der Waals surface area contributed by atoms with Crippen LogP contribution in [0.1, 0.15) is 42.5 Å². The fraction of sp³-hybridized carbons (Fsp3) is 0.207. The Morgan fingerprint density at radius 3 is 2.31 bits per heavy atom. The average Bonchev–Trinajstić information content (AvgIpc) is 3.39. The third-order valence-corrected chi connectivity index (χ3v) is 7.25. The molecule has 0 aliphatic carbocycles. The summed E-state index contributed by atoms with van der Waals surface area (Å²) >= 11 is 1.68. The first kappa shape index (κ1) is 23.9. The monoisotopic (exact) mass is 496 g/mol. The lowest BCUT2D eigenvalue weighted by atomic mass is 9.94. The Balaban J connectivity index is 1.61. The standard InChI is InChI=1S/C29H28N4O2S/c1-5-20-8-14-23(15-9-20)33-19(3)25(26(30-29(33)34)21-10-6-18(2)7-11-21)28-31-27(32-35-28)22-12-16-24(36-4)17-13-22/h6-17,26H,5H2,1-4H3,(H,30,34). The molecule has 7 heteroatoms. The van der Waals surface area contributed by atoms with Crippen LogP contribution in [0.15, 0.2) is 87.9 Å². The first-order valence-corrected chi connectivity index (χ1v) is 13.2. The van der Waals surface area contributed by atoms with Gasteiger partial charge in [-0.05, 0) is 74.0 Å². The summed E-state index contributed by atoms with van der Waals surface area (Å²) in [6.07, 6.45) is 2.98. The van der Waals surface area contributed by atoms with Gasteiger partial charge in [0.1, 0.15) is 0 Å². The van der Waals surface area contributed by atoms with Gasteiger partial charge in [0.15, 0.2) is 0 Å². The largest absolute Gasteiger partial charge is 0.334 e. The highest BCUT2D eigenvalue weighted by Crippen LogP contribution is 2.39. The number of aromatic nitrogens is 2.